The number of hydrogen-bond acceptors (Lipinski definition) is 5. The molecule has 6 atom stereocenters. The minimum Gasteiger partial charge on any atom is -0.346 e. The van der Waals surface area contributed by atoms with Gasteiger partial charge in [-0.05, 0) is 11.1 Å². The standard InChI is InChI=1S/C20H20FN3O4/c21-16-17(23-24-22)18-15(12-26-19(28-18)14-9-5-2-6-10-14)27-20(16)25-11-13-7-3-1-4-8-13/h1-10,15-20H,11-12H2/t15-,16-,17-,18+,19+,20-/m0/s1. The van der Waals surface area contributed by atoms with E-state index in [9.17, 15) is 0 Å². The monoisotopic (exact) mass is 385 g/mol. The molecule has 2 aromatic carbocycles. The van der Waals surface area contributed by atoms with Crippen molar-refractivity contribution >= 4 is 0 Å². The van der Waals surface area contributed by atoms with Crippen LogP contribution in [0.4, 0.5) is 4.39 Å². The number of ether oxygens (including phenoxy) is 4. The van der Waals surface area contributed by atoms with Gasteiger partial charge in [-0.15, -0.1) is 0 Å². The van der Waals surface area contributed by atoms with Crippen LogP contribution in [0.15, 0.2) is 65.8 Å². The van der Waals surface area contributed by atoms with Gasteiger partial charge in [0.2, 0.25) is 0 Å². The minimum atomic E-state index is -1.66. The first-order valence-electron chi connectivity index (χ1n) is 9.07. The van der Waals surface area contributed by atoms with E-state index in [1.807, 2.05) is 60.7 Å². The molecule has 0 bridgehead atoms. The van der Waals surface area contributed by atoms with E-state index in [1.54, 1.807) is 0 Å². The maximum Gasteiger partial charge on any atom is 0.190 e. The first-order valence-corrected chi connectivity index (χ1v) is 9.07. The molecule has 0 aliphatic carbocycles. The van der Waals surface area contributed by atoms with Crippen LogP contribution < -0.4 is 0 Å². The highest BCUT2D eigenvalue weighted by atomic mass is 19.1. The summed E-state index contributed by atoms with van der Waals surface area (Å²) in [4.78, 5) is 2.80. The third-order valence-corrected chi connectivity index (χ3v) is 4.80. The van der Waals surface area contributed by atoms with Crippen molar-refractivity contribution < 1.29 is 23.3 Å². The average Bonchev–Trinajstić information content (AvgIpc) is 2.75. The Morgan fingerprint density at radius 2 is 1.79 bits per heavy atom. The van der Waals surface area contributed by atoms with E-state index >= 15 is 4.39 Å². The Labute approximate surface area is 161 Å². The molecule has 0 saturated carbocycles. The van der Waals surface area contributed by atoms with Crippen molar-refractivity contribution in [2.45, 2.75) is 43.6 Å². The maximum absolute atomic E-state index is 15.1. The second kappa shape index (κ2) is 8.68. The number of azide groups is 1. The minimum absolute atomic E-state index is 0.180. The number of fused-ring (bicyclic) bond motifs is 1. The van der Waals surface area contributed by atoms with Crippen molar-refractivity contribution in [1.29, 1.82) is 0 Å². The second-order valence-electron chi connectivity index (χ2n) is 6.66. The Kier molecular flexibility index (Phi) is 5.85. The van der Waals surface area contributed by atoms with E-state index < -0.39 is 37.0 Å². The van der Waals surface area contributed by atoms with Crippen LogP contribution in [0.3, 0.4) is 0 Å². The first-order chi connectivity index (χ1) is 13.8. The van der Waals surface area contributed by atoms with Crippen LogP contribution >= 0.6 is 0 Å². The van der Waals surface area contributed by atoms with Crippen LogP contribution in [0.1, 0.15) is 17.4 Å². The zero-order valence-electron chi connectivity index (χ0n) is 15.0. The van der Waals surface area contributed by atoms with Crippen molar-refractivity contribution in [2.75, 3.05) is 6.61 Å². The summed E-state index contributed by atoms with van der Waals surface area (Å²) in [5.41, 5.74) is 10.6. The summed E-state index contributed by atoms with van der Waals surface area (Å²) in [6.45, 7) is 0.361. The van der Waals surface area contributed by atoms with Crippen LogP contribution in [0.25, 0.3) is 10.4 Å². The summed E-state index contributed by atoms with van der Waals surface area (Å²) in [5.74, 6) is 0. The van der Waals surface area contributed by atoms with E-state index in [0.29, 0.717) is 0 Å². The van der Waals surface area contributed by atoms with E-state index in [-0.39, 0.29) is 13.2 Å². The molecule has 0 radical (unpaired) electrons. The summed E-state index contributed by atoms with van der Waals surface area (Å²) in [5, 5.41) is 3.65. The highest BCUT2D eigenvalue weighted by Gasteiger charge is 2.50. The van der Waals surface area contributed by atoms with Gasteiger partial charge in [0.1, 0.15) is 18.2 Å². The predicted octanol–water partition coefficient (Wildman–Crippen LogP) is 4.06. The smallest absolute Gasteiger partial charge is 0.190 e. The fourth-order valence-electron chi connectivity index (χ4n) is 3.41. The Morgan fingerprint density at radius 1 is 1.07 bits per heavy atom. The third kappa shape index (κ3) is 4.01. The molecule has 0 amide bonds. The molecule has 28 heavy (non-hydrogen) atoms. The number of nitrogens with zero attached hydrogens (tertiary/aromatic N) is 3. The van der Waals surface area contributed by atoms with Crippen molar-refractivity contribution in [3.8, 4) is 0 Å². The van der Waals surface area contributed by atoms with Crippen LogP contribution in [0.2, 0.25) is 0 Å². The molecular weight excluding hydrogens is 365 g/mol. The lowest BCUT2D eigenvalue weighted by Crippen LogP contribution is -2.60. The predicted molar refractivity (Wildman–Crippen MR) is 97.7 cm³/mol. The number of hydrogen-bond donors (Lipinski definition) is 0. The summed E-state index contributed by atoms with van der Waals surface area (Å²) in [6.07, 6.45) is -4.85. The molecule has 2 aromatic rings. The molecule has 2 aliphatic rings. The number of benzene rings is 2. The van der Waals surface area contributed by atoms with Crippen LogP contribution in [0.5, 0.6) is 0 Å². The zero-order valence-corrected chi connectivity index (χ0v) is 15.0. The molecule has 2 fully saturated rings. The van der Waals surface area contributed by atoms with Crippen LogP contribution in [-0.4, -0.2) is 37.3 Å². The molecule has 146 valence electrons. The number of rotatable bonds is 5. The Morgan fingerprint density at radius 3 is 2.50 bits per heavy atom. The van der Waals surface area contributed by atoms with Gasteiger partial charge in [-0.1, -0.05) is 65.8 Å². The van der Waals surface area contributed by atoms with Gasteiger partial charge in [-0.3, -0.25) is 0 Å². The van der Waals surface area contributed by atoms with Gasteiger partial charge in [0.15, 0.2) is 18.8 Å². The fraction of sp³-hybridized carbons (Fsp3) is 0.400. The van der Waals surface area contributed by atoms with Gasteiger partial charge in [0, 0.05) is 10.5 Å². The third-order valence-electron chi connectivity index (χ3n) is 4.80. The maximum atomic E-state index is 15.1. The molecule has 0 unspecified atom stereocenters. The summed E-state index contributed by atoms with van der Waals surface area (Å²) in [6, 6.07) is 17.6. The summed E-state index contributed by atoms with van der Waals surface area (Å²) in [7, 11) is 0. The van der Waals surface area contributed by atoms with Crippen LogP contribution in [-0.2, 0) is 25.6 Å². The van der Waals surface area contributed by atoms with Gasteiger partial charge < -0.3 is 18.9 Å². The SMILES string of the molecule is [N-]=[N+]=N[C@H]1[C@H](F)[C@@H](OCc2ccccc2)O[C@H]2CO[C@@H](c3ccccc3)O[C@@H]12. The Hall–Kier alpha value is -2.48. The van der Waals surface area contributed by atoms with Crippen molar-refractivity contribution in [2.24, 2.45) is 5.11 Å². The molecule has 7 nitrogen and oxygen atoms in total. The second-order valence-corrected chi connectivity index (χ2v) is 6.66. The quantitative estimate of drug-likeness (QED) is 0.441. The van der Waals surface area contributed by atoms with Crippen LogP contribution in [0, 0.1) is 0 Å². The van der Waals surface area contributed by atoms with Gasteiger partial charge >= 0.3 is 0 Å². The van der Waals surface area contributed by atoms with E-state index in [4.69, 9.17) is 24.5 Å². The fourth-order valence-corrected chi connectivity index (χ4v) is 3.41. The van der Waals surface area contributed by atoms with E-state index in [2.05, 4.69) is 10.0 Å². The van der Waals surface area contributed by atoms with Gasteiger partial charge in [0.25, 0.3) is 0 Å². The van der Waals surface area contributed by atoms with E-state index in [1.165, 1.54) is 0 Å². The highest BCUT2D eigenvalue weighted by molar-refractivity contribution is 5.17. The molecule has 2 aliphatic heterocycles. The topological polar surface area (TPSA) is 85.7 Å². The largest absolute Gasteiger partial charge is 0.346 e. The molecule has 0 aromatic heterocycles. The molecule has 2 saturated heterocycles. The Bertz CT molecular complexity index is 819. The number of alkyl halides is 1. The van der Waals surface area contributed by atoms with Crippen molar-refractivity contribution in [1.82, 2.24) is 0 Å². The zero-order chi connectivity index (χ0) is 19.3. The molecular formula is C20H20FN3O4. The van der Waals surface area contributed by atoms with Gasteiger partial charge in [0.05, 0.1) is 13.2 Å². The van der Waals surface area contributed by atoms with E-state index in [0.717, 1.165) is 11.1 Å². The molecule has 0 spiro atoms. The Balaban J connectivity index is 1.48. The first kappa shape index (κ1) is 18.9. The lowest BCUT2D eigenvalue weighted by Gasteiger charge is -2.45. The lowest BCUT2D eigenvalue weighted by atomic mass is 9.96. The average molecular weight is 385 g/mol. The molecule has 4 rings (SSSR count). The van der Waals surface area contributed by atoms with Gasteiger partial charge in [-0.2, -0.15) is 0 Å². The molecule has 0 N–H and O–H groups in total. The molecule has 2 heterocycles. The van der Waals surface area contributed by atoms with Gasteiger partial charge in [-0.25, -0.2) is 4.39 Å². The molecule has 8 heteroatoms. The highest BCUT2D eigenvalue weighted by Crippen LogP contribution is 2.36. The summed E-state index contributed by atoms with van der Waals surface area (Å²) >= 11 is 0. The van der Waals surface area contributed by atoms with Crippen molar-refractivity contribution in [3.63, 3.8) is 0 Å². The summed E-state index contributed by atoms with van der Waals surface area (Å²) < 4.78 is 38.1. The van der Waals surface area contributed by atoms with Crippen molar-refractivity contribution in [3.05, 3.63) is 82.2 Å². The lowest BCUT2D eigenvalue weighted by molar-refractivity contribution is -0.336. The normalized spacial score (nSPS) is 32.2. The number of halogens is 1.